The molecule has 0 aliphatic carbocycles. The molecule has 0 saturated heterocycles. The molecule has 0 amide bonds. The van der Waals surface area contributed by atoms with Crippen molar-refractivity contribution < 1.29 is 4.39 Å². The third-order valence-corrected chi connectivity index (χ3v) is 3.50. The molecule has 1 nitrogen and oxygen atoms in total. The Morgan fingerprint density at radius 3 is 2.61 bits per heavy atom. The maximum Gasteiger partial charge on any atom is 0.125 e. The standard InChI is InChI=1S/C15H16FNS/c1-12-9-13(16)11-14(10-12)17-7-8-18-15-5-3-2-4-6-15/h2-6,9-11,17H,7-8H2,1H3. The topological polar surface area (TPSA) is 12.0 Å². The molecule has 3 heteroatoms. The van der Waals surface area contributed by atoms with Crippen LogP contribution in [-0.2, 0) is 0 Å². The highest BCUT2D eigenvalue weighted by molar-refractivity contribution is 7.99. The van der Waals surface area contributed by atoms with Gasteiger partial charge < -0.3 is 5.32 Å². The lowest BCUT2D eigenvalue weighted by molar-refractivity contribution is 0.627. The van der Waals surface area contributed by atoms with E-state index in [-0.39, 0.29) is 5.82 Å². The fourth-order valence-corrected chi connectivity index (χ4v) is 2.51. The van der Waals surface area contributed by atoms with Crippen LogP contribution in [0.15, 0.2) is 53.4 Å². The smallest absolute Gasteiger partial charge is 0.125 e. The van der Waals surface area contributed by atoms with Gasteiger partial charge in [-0.05, 0) is 42.8 Å². The van der Waals surface area contributed by atoms with E-state index >= 15 is 0 Å². The van der Waals surface area contributed by atoms with Gasteiger partial charge in [-0.25, -0.2) is 4.39 Å². The summed E-state index contributed by atoms with van der Waals surface area (Å²) in [7, 11) is 0. The van der Waals surface area contributed by atoms with Crippen LogP contribution in [0.4, 0.5) is 10.1 Å². The molecule has 0 saturated carbocycles. The van der Waals surface area contributed by atoms with Crippen molar-refractivity contribution in [2.24, 2.45) is 0 Å². The van der Waals surface area contributed by atoms with Gasteiger partial charge in [0.15, 0.2) is 0 Å². The van der Waals surface area contributed by atoms with Gasteiger partial charge in [-0.1, -0.05) is 18.2 Å². The Morgan fingerprint density at radius 1 is 1.11 bits per heavy atom. The minimum absolute atomic E-state index is 0.187. The summed E-state index contributed by atoms with van der Waals surface area (Å²) in [6.45, 7) is 2.72. The molecule has 0 aromatic heterocycles. The van der Waals surface area contributed by atoms with Gasteiger partial charge in [0.05, 0.1) is 0 Å². The lowest BCUT2D eigenvalue weighted by Crippen LogP contribution is -2.04. The molecule has 0 bridgehead atoms. The second-order valence-electron chi connectivity index (χ2n) is 4.11. The van der Waals surface area contributed by atoms with Crippen LogP contribution in [-0.4, -0.2) is 12.3 Å². The summed E-state index contributed by atoms with van der Waals surface area (Å²) in [6, 6.07) is 15.3. The quantitative estimate of drug-likeness (QED) is 0.635. The van der Waals surface area contributed by atoms with E-state index in [9.17, 15) is 4.39 Å². The lowest BCUT2D eigenvalue weighted by Gasteiger charge is -2.07. The number of benzene rings is 2. The Labute approximate surface area is 111 Å². The van der Waals surface area contributed by atoms with E-state index in [1.54, 1.807) is 11.8 Å². The number of nitrogens with one attached hydrogen (secondary N) is 1. The molecule has 2 aromatic rings. The molecule has 18 heavy (non-hydrogen) atoms. The minimum Gasteiger partial charge on any atom is -0.384 e. The van der Waals surface area contributed by atoms with Gasteiger partial charge in [0.2, 0.25) is 0 Å². The van der Waals surface area contributed by atoms with Gasteiger partial charge in [-0.3, -0.25) is 0 Å². The fraction of sp³-hybridized carbons (Fsp3) is 0.200. The molecule has 2 aromatic carbocycles. The van der Waals surface area contributed by atoms with Crippen LogP contribution < -0.4 is 5.32 Å². The molecule has 1 N–H and O–H groups in total. The number of hydrogen-bond donors (Lipinski definition) is 1. The molecule has 0 unspecified atom stereocenters. The second-order valence-corrected chi connectivity index (χ2v) is 5.27. The monoisotopic (exact) mass is 261 g/mol. The van der Waals surface area contributed by atoms with E-state index in [1.165, 1.54) is 17.0 Å². The summed E-state index contributed by atoms with van der Waals surface area (Å²) < 4.78 is 13.2. The predicted molar refractivity (Wildman–Crippen MR) is 76.8 cm³/mol. The number of halogens is 1. The summed E-state index contributed by atoms with van der Waals surface area (Å²) in [5.41, 5.74) is 1.79. The van der Waals surface area contributed by atoms with Crippen molar-refractivity contribution >= 4 is 17.4 Å². The number of hydrogen-bond acceptors (Lipinski definition) is 2. The first-order chi connectivity index (χ1) is 8.74. The van der Waals surface area contributed by atoms with Crippen LogP contribution >= 0.6 is 11.8 Å². The Kier molecular flexibility index (Phi) is 4.65. The maximum absolute atomic E-state index is 13.2. The van der Waals surface area contributed by atoms with Crippen LogP contribution in [0.5, 0.6) is 0 Å². The van der Waals surface area contributed by atoms with Crippen molar-refractivity contribution in [2.45, 2.75) is 11.8 Å². The molecule has 0 heterocycles. The van der Waals surface area contributed by atoms with Crippen molar-refractivity contribution in [3.05, 3.63) is 59.9 Å². The Hall–Kier alpha value is -1.48. The Balaban J connectivity index is 1.78. The molecule has 94 valence electrons. The van der Waals surface area contributed by atoms with Gasteiger partial charge in [0.1, 0.15) is 5.82 Å². The second kappa shape index (κ2) is 6.45. The van der Waals surface area contributed by atoms with E-state index in [1.807, 2.05) is 31.2 Å². The molecule has 0 radical (unpaired) electrons. The summed E-state index contributed by atoms with van der Waals surface area (Å²) in [5.74, 6) is 0.771. The molecule has 0 atom stereocenters. The fourth-order valence-electron chi connectivity index (χ4n) is 1.72. The summed E-state index contributed by atoms with van der Waals surface area (Å²) in [5, 5.41) is 3.24. The molecule has 0 fully saturated rings. The van der Waals surface area contributed by atoms with Gasteiger partial charge in [0.25, 0.3) is 0 Å². The van der Waals surface area contributed by atoms with Gasteiger partial charge in [-0.15, -0.1) is 11.8 Å². The van der Waals surface area contributed by atoms with Gasteiger partial charge >= 0.3 is 0 Å². The van der Waals surface area contributed by atoms with Crippen LogP contribution in [0, 0.1) is 12.7 Å². The zero-order valence-corrected chi connectivity index (χ0v) is 11.1. The zero-order valence-electron chi connectivity index (χ0n) is 10.3. The average molecular weight is 261 g/mol. The maximum atomic E-state index is 13.2. The first-order valence-electron chi connectivity index (χ1n) is 5.93. The van der Waals surface area contributed by atoms with Crippen molar-refractivity contribution in [1.29, 1.82) is 0 Å². The van der Waals surface area contributed by atoms with Crippen LogP contribution in [0.3, 0.4) is 0 Å². The number of rotatable bonds is 5. The first-order valence-corrected chi connectivity index (χ1v) is 6.91. The lowest BCUT2D eigenvalue weighted by atomic mass is 10.2. The van der Waals surface area contributed by atoms with E-state index in [0.717, 1.165) is 23.5 Å². The first kappa shape index (κ1) is 13.0. The van der Waals surface area contributed by atoms with E-state index in [0.29, 0.717) is 0 Å². The van der Waals surface area contributed by atoms with Crippen LogP contribution in [0.25, 0.3) is 0 Å². The largest absolute Gasteiger partial charge is 0.384 e. The average Bonchev–Trinajstić information content (AvgIpc) is 2.35. The SMILES string of the molecule is Cc1cc(F)cc(NCCSc2ccccc2)c1. The Bertz CT molecular complexity index is 479. The number of anilines is 1. The van der Waals surface area contributed by atoms with Gasteiger partial charge in [0, 0.05) is 22.9 Å². The predicted octanol–water partition coefficient (Wildman–Crippen LogP) is 4.34. The van der Waals surface area contributed by atoms with Crippen LogP contribution in [0.2, 0.25) is 0 Å². The molecule has 0 aliphatic heterocycles. The van der Waals surface area contributed by atoms with Crippen molar-refractivity contribution in [1.82, 2.24) is 0 Å². The molecule has 2 rings (SSSR count). The number of aryl methyl sites for hydroxylation is 1. The summed E-state index contributed by atoms with van der Waals surface area (Å²) in [6.07, 6.45) is 0. The highest BCUT2D eigenvalue weighted by atomic mass is 32.2. The summed E-state index contributed by atoms with van der Waals surface area (Å²) in [4.78, 5) is 1.26. The Morgan fingerprint density at radius 2 is 1.89 bits per heavy atom. The normalized spacial score (nSPS) is 10.3. The third-order valence-electron chi connectivity index (χ3n) is 2.49. The minimum atomic E-state index is -0.187. The third kappa shape index (κ3) is 4.08. The molecular weight excluding hydrogens is 245 g/mol. The van der Waals surface area contributed by atoms with Gasteiger partial charge in [-0.2, -0.15) is 0 Å². The van der Waals surface area contributed by atoms with Crippen molar-refractivity contribution in [3.63, 3.8) is 0 Å². The zero-order chi connectivity index (χ0) is 12.8. The van der Waals surface area contributed by atoms with E-state index in [2.05, 4.69) is 17.4 Å². The summed E-state index contributed by atoms with van der Waals surface area (Å²) >= 11 is 1.79. The van der Waals surface area contributed by atoms with E-state index < -0.39 is 0 Å². The van der Waals surface area contributed by atoms with Crippen molar-refractivity contribution in [2.75, 3.05) is 17.6 Å². The highest BCUT2D eigenvalue weighted by Gasteiger charge is 1.98. The highest BCUT2D eigenvalue weighted by Crippen LogP contribution is 2.17. The van der Waals surface area contributed by atoms with Crippen LogP contribution in [0.1, 0.15) is 5.56 Å². The molecule has 0 spiro atoms. The van der Waals surface area contributed by atoms with E-state index in [4.69, 9.17) is 0 Å². The molecular formula is C15H16FNS. The van der Waals surface area contributed by atoms with Crippen molar-refractivity contribution in [3.8, 4) is 0 Å². The number of thioether (sulfide) groups is 1. The molecule has 0 aliphatic rings.